The highest BCUT2D eigenvalue weighted by Gasteiger charge is 2.18. The second-order valence-electron chi connectivity index (χ2n) is 8.43. The van der Waals surface area contributed by atoms with Crippen LogP contribution in [0.3, 0.4) is 0 Å². The molecule has 6 rings (SSSR count). The number of hydrogen-bond donors (Lipinski definition) is 4. The highest BCUT2D eigenvalue weighted by Crippen LogP contribution is 2.28. The number of H-pyrrole nitrogens is 2. The lowest BCUT2D eigenvalue weighted by Crippen LogP contribution is -2.14. The second kappa shape index (κ2) is 9.75. The molecule has 39 heavy (non-hydrogen) atoms. The summed E-state index contributed by atoms with van der Waals surface area (Å²) in [6, 6.07) is 24.7. The van der Waals surface area contributed by atoms with E-state index in [4.69, 9.17) is 4.52 Å². The molecular weight excluding hydrogens is 498 g/mol. The molecule has 0 atom stereocenters. The van der Waals surface area contributed by atoms with Gasteiger partial charge in [-0.2, -0.15) is 5.26 Å². The van der Waals surface area contributed by atoms with Gasteiger partial charge in [-0.1, -0.05) is 47.6 Å². The Morgan fingerprint density at radius 1 is 0.897 bits per heavy atom. The molecule has 12 heteroatoms. The van der Waals surface area contributed by atoms with Crippen molar-refractivity contribution in [3.63, 3.8) is 0 Å². The van der Waals surface area contributed by atoms with Crippen LogP contribution >= 0.6 is 0 Å². The Bertz CT molecular complexity index is 1870. The highest BCUT2D eigenvalue weighted by atomic mass is 16.5. The second-order valence-corrected chi connectivity index (χ2v) is 8.43. The standard InChI is InChI=1S/C27H17N9O3/c28-14-15-9-10-19(18(11-15)25-32-35-36-33-25)30-26(37)21-12-17-7-4-8-20(24(17)29-21)31-27(38)22-13-23(39-34-22)16-5-2-1-3-6-16/h1-13,29H,(H,30,37)(H,31,38)(H,32,33,35,36). The molecule has 3 aromatic carbocycles. The monoisotopic (exact) mass is 515 g/mol. The zero-order valence-corrected chi connectivity index (χ0v) is 20.0. The van der Waals surface area contributed by atoms with E-state index in [1.165, 1.54) is 0 Å². The molecule has 0 radical (unpaired) electrons. The van der Waals surface area contributed by atoms with Crippen molar-refractivity contribution in [1.82, 2.24) is 30.8 Å². The number of aromatic amines is 2. The van der Waals surface area contributed by atoms with E-state index >= 15 is 0 Å². The number of tetrazole rings is 1. The largest absolute Gasteiger partial charge is 0.355 e. The average molecular weight is 515 g/mol. The lowest BCUT2D eigenvalue weighted by Gasteiger charge is -2.09. The van der Waals surface area contributed by atoms with Crippen molar-refractivity contribution in [3.05, 3.63) is 95.8 Å². The van der Waals surface area contributed by atoms with Crippen molar-refractivity contribution in [2.75, 3.05) is 10.6 Å². The van der Waals surface area contributed by atoms with Crippen LogP contribution in [0, 0.1) is 11.3 Å². The van der Waals surface area contributed by atoms with Gasteiger partial charge in [0.1, 0.15) is 5.69 Å². The summed E-state index contributed by atoms with van der Waals surface area (Å²) < 4.78 is 5.34. The molecule has 188 valence electrons. The first-order chi connectivity index (χ1) is 19.1. The number of carbonyl (C=O) groups is 2. The fourth-order valence-corrected chi connectivity index (χ4v) is 4.07. The molecule has 0 aliphatic carbocycles. The fraction of sp³-hybridized carbons (Fsp3) is 0. The number of nitrogens with zero attached hydrogens (tertiary/aromatic N) is 5. The van der Waals surface area contributed by atoms with Crippen LogP contribution in [0.25, 0.3) is 33.6 Å². The molecule has 0 spiro atoms. The van der Waals surface area contributed by atoms with Crippen LogP contribution in [0.5, 0.6) is 0 Å². The number of amides is 2. The van der Waals surface area contributed by atoms with Crippen molar-refractivity contribution < 1.29 is 14.1 Å². The van der Waals surface area contributed by atoms with E-state index < -0.39 is 11.8 Å². The number of para-hydroxylation sites is 1. The van der Waals surface area contributed by atoms with Gasteiger partial charge in [0, 0.05) is 22.6 Å². The van der Waals surface area contributed by atoms with Crippen molar-refractivity contribution >= 4 is 34.1 Å². The molecule has 0 aliphatic heterocycles. The van der Waals surface area contributed by atoms with Crippen molar-refractivity contribution in [3.8, 4) is 28.8 Å². The summed E-state index contributed by atoms with van der Waals surface area (Å²) in [4.78, 5) is 29.2. The number of nitriles is 1. The molecule has 12 nitrogen and oxygen atoms in total. The minimum atomic E-state index is -0.461. The third kappa shape index (κ3) is 4.58. The summed E-state index contributed by atoms with van der Waals surface area (Å²) in [6.45, 7) is 0. The maximum atomic E-state index is 13.2. The van der Waals surface area contributed by atoms with Gasteiger partial charge in [-0.3, -0.25) is 9.59 Å². The van der Waals surface area contributed by atoms with Crippen LogP contribution in [0.1, 0.15) is 26.5 Å². The van der Waals surface area contributed by atoms with Crippen molar-refractivity contribution in [1.29, 1.82) is 5.26 Å². The Hall–Kier alpha value is -6.09. The summed E-state index contributed by atoms with van der Waals surface area (Å²) in [6.07, 6.45) is 0. The van der Waals surface area contributed by atoms with Gasteiger partial charge in [-0.25, -0.2) is 5.10 Å². The normalized spacial score (nSPS) is 10.7. The summed E-state index contributed by atoms with van der Waals surface area (Å²) >= 11 is 0. The molecule has 0 unspecified atom stereocenters. The average Bonchev–Trinajstić information content (AvgIpc) is 3.75. The summed E-state index contributed by atoms with van der Waals surface area (Å²) in [5.74, 6) is -0.128. The minimum absolute atomic E-state index is 0.116. The van der Waals surface area contributed by atoms with Crippen LogP contribution in [-0.4, -0.2) is 42.6 Å². The summed E-state index contributed by atoms with van der Waals surface area (Å²) in [7, 11) is 0. The number of aromatic nitrogens is 6. The van der Waals surface area contributed by atoms with E-state index in [2.05, 4.69) is 47.5 Å². The molecule has 0 aliphatic rings. The molecule has 6 aromatic rings. The molecule has 0 bridgehead atoms. The number of hydrogen-bond acceptors (Lipinski definition) is 8. The Kier molecular flexibility index (Phi) is 5.83. The van der Waals surface area contributed by atoms with Crippen molar-refractivity contribution in [2.45, 2.75) is 0 Å². The molecule has 2 amide bonds. The van der Waals surface area contributed by atoms with Crippen LogP contribution < -0.4 is 10.6 Å². The maximum Gasteiger partial charge on any atom is 0.277 e. The van der Waals surface area contributed by atoms with E-state index in [0.717, 1.165) is 5.56 Å². The van der Waals surface area contributed by atoms with Gasteiger partial charge >= 0.3 is 0 Å². The predicted octanol–water partition coefficient (Wildman–Crippen LogP) is 4.38. The maximum absolute atomic E-state index is 13.2. The highest BCUT2D eigenvalue weighted by molar-refractivity contribution is 6.11. The first kappa shape index (κ1) is 23.3. The molecule has 4 N–H and O–H groups in total. The fourth-order valence-electron chi connectivity index (χ4n) is 4.07. The SMILES string of the molecule is N#Cc1ccc(NC(=O)c2cc3cccc(NC(=O)c4cc(-c5ccccc5)on4)c3[nH]2)c(-c2nnn[nH]2)c1. The van der Waals surface area contributed by atoms with Gasteiger partial charge < -0.3 is 20.1 Å². The molecule has 3 aromatic heterocycles. The van der Waals surface area contributed by atoms with Gasteiger partial charge in [0.15, 0.2) is 17.3 Å². The van der Waals surface area contributed by atoms with E-state index in [1.807, 2.05) is 36.4 Å². The smallest absolute Gasteiger partial charge is 0.277 e. The number of rotatable bonds is 6. The van der Waals surface area contributed by atoms with Crippen molar-refractivity contribution in [2.24, 2.45) is 0 Å². The Morgan fingerprint density at radius 3 is 2.54 bits per heavy atom. The van der Waals surface area contributed by atoms with Crippen LogP contribution in [-0.2, 0) is 0 Å². The Balaban J connectivity index is 1.25. The lowest BCUT2D eigenvalue weighted by molar-refractivity contribution is 0.101. The lowest BCUT2D eigenvalue weighted by atomic mass is 10.1. The van der Waals surface area contributed by atoms with E-state index in [1.54, 1.807) is 42.5 Å². The molecule has 3 heterocycles. The molecule has 0 fully saturated rings. The molecule has 0 saturated heterocycles. The predicted molar refractivity (Wildman–Crippen MR) is 140 cm³/mol. The quantitative estimate of drug-likeness (QED) is 0.252. The minimum Gasteiger partial charge on any atom is -0.355 e. The van der Waals surface area contributed by atoms with Gasteiger partial charge in [0.05, 0.1) is 28.5 Å². The summed E-state index contributed by atoms with van der Waals surface area (Å²) in [5, 5.41) is 33.2. The van der Waals surface area contributed by atoms with Gasteiger partial charge in [0.2, 0.25) is 0 Å². The number of carbonyl (C=O) groups excluding carboxylic acids is 2. The topological polar surface area (TPSA) is 178 Å². The van der Waals surface area contributed by atoms with E-state index in [0.29, 0.717) is 45.0 Å². The first-order valence-corrected chi connectivity index (χ1v) is 11.6. The Morgan fingerprint density at radius 2 is 1.74 bits per heavy atom. The van der Waals surface area contributed by atoms with Gasteiger partial charge in [-0.05, 0) is 40.8 Å². The van der Waals surface area contributed by atoms with Gasteiger partial charge in [0.25, 0.3) is 11.8 Å². The third-order valence-corrected chi connectivity index (χ3v) is 5.95. The zero-order valence-electron chi connectivity index (χ0n) is 20.0. The van der Waals surface area contributed by atoms with E-state index in [9.17, 15) is 14.9 Å². The summed E-state index contributed by atoms with van der Waals surface area (Å²) in [5.41, 5.74) is 3.44. The molecule has 0 saturated carbocycles. The van der Waals surface area contributed by atoms with Crippen LogP contribution in [0.4, 0.5) is 11.4 Å². The number of benzene rings is 3. The zero-order chi connectivity index (χ0) is 26.8. The van der Waals surface area contributed by atoms with Gasteiger partial charge in [-0.15, -0.1) is 5.10 Å². The van der Waals surface area contributed by atoms with Crippen LogP contribution in [0.2, 0.25) is 0 Å². The van der Waals surface area contributed by atoms with Crippen LogP contribution in [0.15, 0.2) is 83.4 Å². The number of fused-ring (bicyclic) bond motifs is 1. The third-order valence-electron chi connectivity index (χ3n) is 5.95. The van der Waals surface area contributed by atoms with E-state index in [-0.39, 0.29) is 11.4 Å². The molecular formula is C27H17N9O3. The number of nitrogens with one attached hydrogen (secondary N) is 4. The number of anilines is 2. The Labute approximate surface area is 219 Å². The first-order valence-electron chi connectivity index (χ1n) is 11.6.